The van der Waals surface area contributed by atoms with E-state index in [-0.39, 0.29) is 5.31 Å². The average Bonchev–Trinajstić information content (AvgIpc) is 2.40. The van der Waals surface area contributed by atoms with Gasteiger partial charge in [0.1, 0.15) is 7.28 Å². The van der Waals surface area contributed by atoms with E-state index in [0.717, 1.165) is 38.5 Å². The van der Waals surface area contributed by atoms with Gasteiger partial charge in [0.15, 0.2) is 0 Å². The second-order valence-corrected chi connectivity index (χ2v) is 5.31. The molecule has 1 radical (unpaired) electrons. The number of hydrogen-bond acceptors (Lipinski definition) is 2. The Morgan fingerprint density at radius 2 is 1.87 bits per heavy atom. The first-order valence-corrected chi connectivity index (χ1v) is 5.88. The minimum absolute atomic E-state index is 0.389. The molecule has 3 unspecified atom stereocenters. The van der Waals surface area contributed by atoms with Crippen molar-refractivity contribution in [1.82, 2.24) is 0 Å². The topological polar surface area (TPSA) is 40.5 Å². The van der Waals surface area contributed by atoms with E-state index >= 15 is 0 Å². The summed E-state index contributed by atoms with van der Waals surface area (Å²) in [5.74, 6) is 0. The van der Waals surface area contributed by atoms with Crippen LogP contribution in [0.5, 0.6) is 0 Å². The zero-order chi connectivity index (χ0) is 11.1. The Balaban J connectivity index is 2.25. The highest BCUT2D eigenvalue weighted by molar-refractivity contribution is 6.67. The van der Waals surface area contributed by atoms with Crippen LogP contribution in [0.2, 0.25) is 10.5 Å². The number of halogens is 1. The van der Waals surface area contributed by atoms with Gasteiger partial charge < -0.3 is 10.0 Å². The monoisotopic (exact) mass is 211 g/mol. The first-order chi connectivity index (χ1) is 7.01. The van der Waals surface area contributed by atoms with Gasteiger partial charge in [-0.25, -0.2) is 4.39 Å². The molecule has 0 spiro atoms. The molecule has 0 aromatic heterocycles. The van der Waals surface area contributed by atoms with Crippen molar-refractivity contribution in [3.63, 3.8) is 0 Å². The summed E-state index contributed by atoms with van der Waals surface area (Å²) in [5.41, 5.74) is 0. The summed E-state index contributed by atoms with van der Waals surface area (Å²) in [7, 11) is 0.610. The van der Waals surface area contributed by atoms with Crippen molar-refractivity contribution in [1.29, 1.82) is 0 Å². The molecule has 0 amide bonds. The molecule has 0 aromatic carbocycles. The maximum absolute atomic E-state index is 13.7. The molecular formula is C10H18B2FO2. The molecule has 2 N–H and O–H groups in total. The lowest BCUT2D eigenvalue weighted by atomic mass is 9.32. The van der Waals surface area contributed by atoms with Crippen LogP contribution in [0.25, 0.3) is 0 Å². The van der Waals surface area contributed by atoms with Crippen LogP contribution in [0.4, 0.5) is 4.39 Å². The molecule has 2 saturated heterocycles. The van der Waals surface area contributed by atoms with Crippen molar-refractivity contribution < 1.29 is 14.4 Å². The second kappa shape index (κ2) is 3.77. The van der Waals surface area contributed by atoms with Crippen molar-refractivity contribution in [2.24, 2.45) is 0 Å². The van der Waals surface area contributed by atoms with Gasteiger partial charge in [0.2, 0.25) is 0 Å². The third kappa shape index (κ3) is 1.74. The fraction of sp³-hybridized carbons (Fsp3) is 1.00. The predicted octanol–water partition coefficient (Wildman–Crippen LogP) is 1.75. The van der Waals surface area contributed by atoms with Crippen LogP contribution in [-0.2, 0) is 0 Å². The zero-order valence-corrected chi connectivity index (χ0v) is 9.25. The quantitative estimate of drug-likeness (QED) is 0.682. The Morgan fingerprint density at radius 3 is 2.47 bits per heavy atom. The second-order valence-electron chi connectivity index (χ2n) is 5.31. The normalized spacial score (nSPS) is 41.9. The van der Waals surface area contributed by atoms with E-state index < -0.39 is 18.5 Å². The van der Waals surface area contributed by atoms with Crippen molar-refractivity contribution >= 4 is 14.4 Å². The smallest absolute Gasteiger partial charge is 0.427 e. The van der Waals surface area contributed by atoms with Crippen LogP contribution in [-0.4, -0.2) is 30.6 Å². The highest BCUT2D eigenvalue weighted by Crippen LogP contribution is 2.61. The first kappa shape index (κ1) is 11.5. The SMILES string of the molecule is CC(F)C12[B]C(B(O)O)(CCCC1)CC2. The number of alkyl halides is 1. The van der Waals surface area contributed by atoms with E-state index in [1.165, 1.54) is 0 Å². The standard InChI is InChI=1S/C10H18B2FO2/c1-8(13)9-4-2-3-5-10(11-9,7-6-9)12(14)15/h8,14-15H,2-7H2,1H3. The molecule has 2 heterocycles. The highest BCUT2D eigenvalue weighted by Gasteiger charge is 2.57. The van der Waals surface area contributed by atoms with Crippen LogP contribution >= 0.6 is 0 Å². The van der Waals surface area contributed by atoms with Gasteiger partial charge in [-0.2, -0.15) is 0 Å². The van der Waals surface area contributed by atoms with Gasteiger partial charge >= 0.3 is 7.12 Å². The molecule has 0 aliphatic carbocycles. The van der Waals surface area contributed by atoms with Crippen molar-refractivity contribution in [3.8, 4) is 0 Å². The maximum Gasteiger partial charge on any atom is 0.449 e. The molecule has 2 fully saturated rings. The number of hydrogen-bond donors (Lipinski definition) is 2. The van der Waals surface area contributed by atoms with E-state index in [2.05, 4.69) is 0 Å². The molecule has 2 bridgehead atoms. The van der Waals surface area contributed by atoms with Gasteiger partial charge in [-0.15, -0.1) is 0 Å². The predicted molar refractivity (Wildman–Crippen MR) is 59.6 cm³/mol. The maximum atomic E-state index is 13.7. The minimum Gasteiger partial charge on any atom is -0.427 e. The lowest BCUT2D eigenvalue weighted by Gasteiger charge is -2.31. The fourth-order valence-corrected chi connectivity index (χ4v) is 3.33. The molecule has 2 aliphatic rings. The van der Waals surface area contributed by atoms with Crippen molar-refractivity contribution in [2.75, 3.05) is 0 Å². The molecule has 0 aromatic rings. The number of rotatable bonds is 2. The summed E-state index contributed by atoms with van der Waals surface area (Å²) < 4.78 is 13.7. The van der Waals surface area contributed by atoms with Gasteiger partial charge in [-0.3, -0.25) is 0 Å². The molecule has 2 nitrogen and oxygen atoms in total. The van der Waals surface area contributed by atoms with Crippen LogP contribution in [0, 0.1) is 0 Å². The van der Waals surface area contributed by atoms with Crippen LogP contribution in [0.15, 0.2) is 0 Å². The zero-order valence-electron chi connectivity index (χ0n) is 9.25. The Bertz CT molecular complexity index is 226. The summed E-state index contributed by atoms with van der Waals surface area (Å²) in [5, 5.41) is 18.0. The molecule has 0 saturated carbocycles. The summed E-state index contributed by atoms with van der Waals surface area (Å²) in [6.07, 6.45) is 4.23. The van der Waals surface area contributed by atoms with E-state index in [9.17, 15) is 14.4 Å². The molecule has 3 atom stereocenters. The van der Waals surface area contributed by atoms with Crippen molar-refractivity contribution in [3.05, 3.63) is 0 Å². The highest BCUT2D eigenvalue weighted by atomic mass is 19.1. The Hall–Kier alpha value is -0.0201. The van der Waals surface area contributed by atoms with E-state index in [1.54, 1.807) is 6.92 Å². The largest absolute Gasteiger partial charge is 0.449 e. The minimum atomic E-state index is -1.32. The Kier molecular flexibility index (Phi) is 2.88. The van der Waals surface area contributed by atoms with E-state index in [0.29, 0.717) is 0 Å². The Labute approximate surface area is 91.6 Å². The molecule has 83 valence electrons. The molecule has 5 heteroatoms. The summed E-state index contributed by atoms with van der Waals surface area (Å²) in [6, 6.07) is 0. The molecule has 2 rings (SSSR count). The van der Waals surface area contributed by atoms with Gasteiger partial charge in [0, 0.05) is 0 Å². The summed E-state index contributed by atoms with van der Waals surface area (Å²) >= 11 is 0. The van der Waals surface area contributed by atoms with Crippen molar-refractivity contribution in [2.45, 2.75) is 62.1 Å². The van der Waals surface area contributed by atoms with Crippen LogP contribution in [0.3, 0.4) is 0 Å². The third-order valence-corrected chi connectivity index (χ3v) is 4.47. The van der Waals surface area contributed by atoms with Crippen LogP contribution < -0.4 is 0 Å². The number of fused-ring (bicyclic) bond motifs is 2. The summed E-state index contributed by atoms with van der Waals surface area (Å²) in [4.78, 5) is 0. The average molecular weight is 211 g/mol. The third-order valence-electron chi connectivity index (χ3n) is 4.47. The molecule has 2 aliphatic heterocycles. The van der Waals surface area contributed by atoms with Gasteiger partial charge in [0.25, 0.3) is 0 Å². The molecular weight excluding hydrogens is 193 g/mol. The molecule has 15 heavy (non-hydrogen) atoms. The summed E-state index contributed by atoms with van der Waals surface area (Å²) in [6.45, 7) is 1.60. The van der Waals surface area contributed by atoms with Crippen LogP contribution in [0.1, 0.15) is 45.4 Å². The lowest BCUT2D eigenvalue weighted by molar-refractivity contribution is 0.237. The van der Waals surface area contributed by atoms with Gasteiger partial charge in [-0.1, -0.05) is 38.5 Å². The van der Waals surface area contributed by atoms with Gasteiger partial charge in [0.05, 0.1) is 6.17 Å². The lowest BCUT2D eigenvalue weighted by Crippen LogP contribution is -2.38. The Morgan fingerprint density at radius 1 is 1.20 bits per heavy atom. The van der Waals surface area contributed by atoms with E-state index in [4.69, 9.17) is 0 Å². The fourth-order valence-electron chi connectivity index (χ4n) is 3.33. The van der Waals surface area contributed by atoms with Gasteiger partial charge in [-0.05, 0) is 17.5 Å². The van der Waals surface area contributed by atoms with E-state index in [1.807, 2.05) is 7.28 Å². The first-order valence-electron chi connectivity index (χ1n) is 5.88.